The van der Waals surface area contributed by atoms with Crippen LogP contribution >= 0.6 is 11.6 Å². The van der Waals surface area contributed by atoms with E-state index < -0.39 is 18.1 Å². The van der Waals surface area contributed by atoms with Gasteiger partial charge >= 0.3 is 0 Å². The molecule has 2 aliphatic heterocycles. The van der Waals surface area contributed by atoms with E-state index in [0.29, 0.717) is 22.2 Å². The van der Waals surface area contributed by atoms with E-state index in [-0.39, 0.29) is 11.8 Å². The van der Waals surface area contributed by atoms with Crippen LogP contribution in [0.1, 0.15) is 17.4 Å². The average molecular weight is 409 g/mol. The van der Waals surface area contributed by atoms with Gasteiger partial charge in [-0.3, -0.25) is 14.4 Å². The van der Waals surface area contributed by atoms with E-state index in [1.165, 1.54) is 4.90 Å². The summed E-state index contributed by atoms with van der Waals surface area (Å²) in [5, 5.41) is 2.16. The van der Waals surface area contributed by atoms with Gasteiger partial charge in [0.25, 0.3) is 5.91 Å². The van der Waals surface area contributed by atoms with Crippen LogP contribution in [0.2, 0.25) is 5.02 Å². The molecule has 3 aromatic rings. The zero-order valence-corrected chi connectivity index (χ0v) is 16.2. The zero-order valence-electron chi connectivity index (χ0n) is 15.5. The number of hydrogen-bond donors (Lipinski definition) is 0. The third-order valence-electron chi connectivity index (χ3n) is 5.32. The highest BCUT2D eigenvalue weighted by Gasteiger charge is 2.61. The van der Waals surface area contributed by atoms with Crippen molar-refractivity contribution >= 4 is 34.8 Å². The molecular weight excluding hydrogens is 392 g/mol. The lowest BCUT2D eigenvalue weighted by Gasteiger charge is -2.27. The minimum Gasteiger partial charge on any atom is -0.467 e. The Morgan fingerprint density at radius 1 is 0.897 bits per heavy atom. The van der Waals surface area contributed by atoms with Gasteiger partial charge in [0.05, 0.1) is 17.6 Å². The fraction of sp³-hybridized carbons (Fsp3) is 0.182. The molecule has 0 aliphatic carbocycles. The summed E-state index contributed by atoms with van der Waals surface area (Å²) < 4.78 is 5.61. The van der Waals surface area contributed by atoms with Gasteiger partial charge in [-0.1, -0.05) is 29.3 Å². The first kappa shape index (κ1) is 18.0. The van der Waals surface area contributed by atoms with Crippen LogP contribution in [0.4, 0.5) is 11.4 Å². The molecular formula is C22H17ClN2O4. The van der Waals surface area contributed by atoms with Gasteiger partial charge in [-0.15, -0.1) is 0 Å². The van der Waals surface area contributed by atoms with Crippen LogP contribution in [0, 0.1) is 12.8 Å². The second-order valence-corrected chi connectivity index (χ2v) is 7.60. The molecule has 2 aliphatic rings. The third-order valence-corrected chi connectivity index (χ3v) is 5.58. The van der Waals surface area contributed by atoms with Crippen molar-refractivity contribution in [1.29, 1.82) is 0 Å². The summed E-state index contributed by atoms with van der Waals surface area (Å²) in [6, 6.07) is 17.3. The Kier molecular flexibility index (Phi) is 4.19. The number of carbonyl (C=O) groups is 2. The van der Waals surface area contributed by atoms with Gasteiger partial charge < -0.3 is 4.42 Å². The fourth-order valence-electron chi connectivity index (χ4n) is 3.92. The summed E-state index contributed by atoms with van der Waals surface area (Å²) in [6.07, 6.45) is 0.622. The van der Waals surface area contributed by atoms with Crippen LogP contribution in [-0.2, 0) is 14.4 Å². The maximum Gasteiger partial charge on any atom is 0.266 e. The predicted molar refractivity (Wildman–Crippen MR) is 107 cm³/mol. The minimum atomic E-state index is -0.922. The van der Waals surface area contributed by atoms with Gasteiger partial charge in [0.15, 0.2) is 6.10 Å². The highest BCUT2D eigenvalue weighted by Crippen LogP contribution is 2.47. The van der Waals surface area contributed by atoms with Crippen molar-refractivity contribution in [3.05, 3.63) is 83.3 Å². The number of hydrogen-bond acceptors (Lipinski definition) is 5. The van der Waals surface area contributed by atoms with E-state index in [1.54, 1.807) is 59.9 Å². The Morgan fingerprint density at radius 2 is 1.59 bits per heavy atom. The van der Waals surface area contributed by atoms with Crippen molar-refractivity contribution in [2.75, 3.05) is 9.96 Å². The maximum absolute atomic E-state index is 13.4. The number of amides is 2. The number of hydroxylamine groups is 1. The molecule has 6 nitrogen and oxygen atoms in total. The van der Waals surface area contributed by atoms with Crippen LogP contribution in [0.15, 0.2) is 71.3 Å². The Labute approximate surface area is 172 Å². The molecule has 146 valence electrons. The molecule has 0 N–H and O–H groups in total. The summed E-state index contributed by atoms with van der Waals surface area (Å²) in [4.78, 5) is 33.7. The molecule has 2 fully saturated rings. The first-order valence-electron chi connectivity index (χ1n) is 9.24. The lowest BCUT2D eigenvalue weighted by molar-refractivity contribution is -0.126. The largest absolute Gasteiger partial charge is 0.467 e. The van der Waals surface area contributed by atoms with E-state index in [2.05, 4.69) is 0 Å². The van der Waals surface area contributed by atoms with Gasteiger partial charge in [0, 0.05) is 5.02 Å². The first-order chi connectivity index (χ1) is 14.0. The second kappa shape index (κ2) is 6.76. The van der Waals surface area contributed by atoms with Crippen molar-refractivity contribution in [2.45, 2.75) is 19.1 Å². The third kappa shape index (κ3) is 2.84. The van der Waals surface area contributed by atoms with Gasteiger partial charge in [-0.25, -0.2) is 9.96 Å². The number of aryl methyl sites for hydroxylation is 1. The smallest absolute Gasteiger partial charge is 0.266 e. The molecule has 2 aromatic carbocycles. The normalized spacial score (nSPS) is 23.7. The van der Waals surface area contributed by atoms with Crippen molar-refractivity contribution in [3.8, 4) is 0 Å². The Morgan fingerprint density at radius 3 is 2.24 bits per heavy atom. The van der Waals surface area contributed by atoms with E-state index in [0.717, 1.165) is 5.56 Å². The molecule has 0 bridgehead atoms. The quantitative estimate of drug-likeness (QED) is 0.605. The van der Waals surface area contributed by atoms with Crippen LogP contribution in [0.5, 0.6) is 0 Å². The SMILES string of the molecule is Cc1ccc(N2C(=O)[C@@H]3[C@@H](c4ccco4)N(c4ccc(Cl)cc4)O[C@H]3C2=O)cc1. The molecule has 5 rings (SSSR count). The molecule has 0 unspecified atom stereocenters. The molecule has 3 heterocycles. The van der Waals surface area contributed by atoms with Gasteiger partial charge in [-0.2, -0.15) is 0 Å². The summed E-state index contributed by atoms with van der Waals surface area (Å²) in [5.74, 6) is -0.844. The number of carbonyl (C=O) groups excluding carboxylic acids is 2. The van der Waals surface area contributed by atoms with Crippen molar-refractivity contribution < 1.29 is 18.8 Å². The molecule has 0 saturated carbocycles. The lowest BCUT2D eigenvalue weighted by Crippen LogP contribution is -2.37. The molecule has 29 heavy (non-hydrogen) atoms. The van der Waals surface area contributed by atoms with Crippen molar-refractivity contribution in [3.63, 3.8) is 0 Å². The molecule has 2 saturated heterocycles. The summed E-state index contributed by atoms with van der Waals surface area (Å²) in [7, 11) is 0. The number of nitrogens with zero attached hydrogens (tertiary/aromatic N) is 2. The highest BCUT2D eigenvalue weighted by molar-refractivity contribution is 6.30. The number of halogens is 1. The van der Waals surface area contributed by atoms with Gasteiger partial charge in [0.2, 0.25) is 5.91 Å². The van der Waals surface area contributed by atoms with Gasteiger partial charge in [-0.05, 0) is 55.5 Å². The van der Waals surface area contributed by atoms with Crippen molar-refractivity contribution in [1.82, 2.24) is 0 Å². The first-order valence-corrected chi connectivity index (χ1v) is 9.62. The Hall–Kier alpha value is -3.09. The van der Waals surface area contributed by atoms with E-state index in [4.69, 9.17) is 20.9 Å². The average Bonchev–Trinajstić information content (AvgIpc) is 3.41. The number of rotatable bonds is 3. The number of furan rings is 1. The Balaban J connectivity index is 1.56. The van der Waals surface area contributed by atoms with Crippen LogP contribution in [-0.4, -0.2) is 17.9 Å². The zero-order chi connectivity index (χ0) is 20.1. The maximum atomic E-state index is 13.4. The number of benzene rings is 2. The van der Waals surface area contributed by atoms with E-state index in [9.17, 15) is 9.59 Å². The standard InChI is InChI=1S/C22H17ClN2O4/c1-13-4-8-15(9-5-13)24-21(26)18-19(17-3-2-12-28-17)25(29-20(18)22(24)27)16-10-6-14(23)7-11-16/h2-12,18-20H,1H3/t18-,19-,20-/m1/s1. The topological polar surface area (TPSA) is 63.0 Å². The molecule has 2 amide bonds. The second-order valence-electron chi connectivity index (χ2n) is 7.16. The molecule has 1 aromatic heterocycles. The molecule has 0 radical (unpaired) electrons. The lowest BCUT2D eigenvalue weighted by atomic mass is 9.94. The monoisotopic (exact) mass is 408 g/mol. The number of imide groups is 1. The summed E-state index contributed by atoms with van der Waals surface area (Å²) >= 11 is 6.00. The summed E-state index contributed by atoms with van der Waals surface area (Å²) in [5.41, 5.74) is 2.28. The molecule has 0 spiro atoms. The van der Waals surface area contributed by atoms with Crippen LogP contribution in [0.3, 0.4) is 0 Å². The predicted octanol–water partition coefficient (Wildman–Crippen LogP) is 4.29. The van der Waals surface area contributed by atoms with E-state index >= 15 is 0 Å². The van der Waals surface area contributed by atoms with Crippen LogP contribution in [0.25, 0.3) is 0 Å². The summed E-state index contributed by atoms with van der Waals surface area (Å²) in [6.45, 7) is 1.95. The minimum absolute atomic E-state index is 0.304. The fourth-order valence-corrected chi connectivity index (χ4v) is 4.05. The number of fused-ring (bicyclic) bond motifs is 1. The molecule has 7 heteroatoms. The van der Waals surface area contributed by atoms with E-state index in [1.807, 2.05) is 19.1 Å². The highest BCUT2D eigenvalue weighted by atomic mass is 35.5. The van der Waals surface area contributed by atoms with Gasteiger partial charge in [0.1, 0.15) is 17.7 Å². The Bertz CT molecular complexity index is 1060. The molecule has 3 atom stereocenters. The van der Waals surface area contributed by atoms with Crippen molar-refractivity contribution in [2.24, 2.45) is 5.92 Å². The van der Waals surface area contributed by atoms with Crippen LogP contribution < -0.4 is 9.96 Å². The number of anilines is 2.